The highest BCUT2D eigenvalue weighted by atomic mass is 16.5. The van der Waals surface area contributed by atoms with E-state index in [9.17, 15) is 0 Å². The summed E-state index contributed by atoms with van der Waals surface area (Å²) in [5.74, 6) is 2.13. The van der Waals surface area contributed by atoms with Crippen molar-refractivity contribution in [2.45, 2.75) is 13.6 Å². The van der Waals surface area contributed by atoms with Crippen molar-refractivity contribution in [2.75, 3.05) is 13.7 Å². The van der Waals surface area contributed by atoms with Crippen LogP contribution in [0.1, 0.15) is 0 Å². The molecule has 0 fully saturated rings. The van der Waals surface area contributed by atoms with Crippen LogP contribution < -0.4 is 0 Å². The minimum Gasteiger partial charge on any atom is -0.381 e. The van der Waals surface area contributed by atoms with Crippen molar-refractivity contribution in [1.82, 2.24) is 0 Å². The van der Waals surface area contributed by atoms with Crippen LogP contribution in [0.15, 0.2) is 12.1 Å². The highest BCUT2D eigenvalue weighted by Gasteiger charge is 1.86. The lowest BCUT2D eigenvalue weighted by Crippen LogP contribution is -1.93. The van der Waals surface area contributed by atoms with Gasteiger partial charge in [0.2, 0.25) is 0 Å². The topological polar surface area (TPSA) is 9.23 Å². The summed E-state index contributed by atoms with van der Waals surface area (Å²) in [6, 6.07) is 0. The molecule has 2 heteroatoms. The van der Waals surface area contributed by atoms with Crippen LogP contribution in [0.5, 0.6) is 0 Å². The smallest absolute Gasteiger partial charge is 0.159 e. The molecule has 0 unspecified atom stereocenters. The van der Waals surface area contributed by atoms with E-state index in [-0.39, 0.29) is 0 Å². The van der Waals surface area contributed by atoms with Crippen LogP contribution >= 0.6 is 0 Å². The monoisotopic (exact) mass is 112 g/mol. The molecule has 0 aliphatic carbocycles. The number of methoxy groups -OCH3 is 1. The van der Waals surface area contributed by atoms with Crippen LogP contribution in [-0.2, 0) is 4.74 Å². The summed E-state index contributed by atoms with van der Waals surface area (Å²) in [5.41, 5.74) is 0. The van der Waals surface area contributed by atoms with Gasteiger partial charge in [0.15, 0.2) is 6.71 Å². The SMILES string of the molecule is COC/C=C/B(C)C. The molecular weight excluding hydrogens is 98.9 g/mol. The second-order valence-corrected chi connectivity index (χ2v) is 2.13. The van der Waals surface area contributed by atoms with Crippen molar-refractivity contribution >= 4 is 6.71 Å². The van der Waals surface area contributed by atoms with E-state index in [1.165, 1.54) is 0 Å². The van der Waals surface area contributed by atoms with Gasteiger partial charge in [-0.3, -0.25) is 0 Å². The van der Waals surface area contributed by atoms with Crippen LogP contribution in [0.25, 0.3) is 0 Å². The van der Waals surface area contributed by atoms with Gasteiger partial charge in [0.1, 0.15) is 0 Å². The largest absolute Gasteiger partial charge is 0.381 e. The van der Waals surface area contributed by atoms with E-state index in [4.69, 9.17) is 4.74 Å². The summed E-state index contributed by atoms with van der Waals surface area (Å²) in [5, 5.41) is 0. The van der Waals surface area contributed by atoms with E-state index in [0.717, 1.165) is 6.61 Å². The van der Waals surface area contributed by atoms with E-state index < -0.39 is 0 Å². The molecule has 0 spiro atoms. The molecule has 0 aromatic carbocycles. The lowest BCUT2D eigenvalue weighted by atomic mass is 9.55. The molecule has 0 aliphatic rings. The first kappa shape index (κ1) is 7.76. The number of hydrogen-bond donors (Lipinski definition) is 0. The molecule has 1 nitrogen and oxygen atoms in total. The number of rotatable bonds is 3. The van der Waals surface area contributed by atoms with Crippen LogP contribution in [0, 0.1) is 0 Å². The van der Waals surface area contributed by atoms with E-state index in [1.807, 2.05) is 6.08 Å². The Balaban J connectivity index is 3.07. The zero-order chi connectivity index (χ0) is 6.41. The summed E-state index contributed by atoms with van der Waals surface area (Å²) in [4.78, 5) is 0. The maximum atomic E-state index is 4.81. The van der Waals surface area contributed by atoms with Gasteiger partial charge in [-0.2, -0.15) is 0 Å². The van der Waals surface area contributed by atoms with Gasteiger partial charge < -0.3 is 4.74 Å². The molecule has 0 heterocycles. The van der Waals surface area contributed by atoms with E-state index in [0.29, 0.717) is 6.71 Å². The van der Waals surface area contributed by atoms with Crippen molar-refractivity contribution < 1.29 is 4.74 Å². The zero-order valence-corrected chi connectivity index (χ0v) is 5.85. The molecule has 0 saturated carbocycles. The van der Waals surface area contributed by atoms with Crippen molar-refractivity contribution in [1.29, 1.82) is 0 Å². The Morgan fingerprint density at radius 1 is 1.50 bits per heavy atom. The summed E-state index contributed by atoms with van der Waals surface area (Å²) >= 11 is 0. The summed E-state index contributed by atoms with van der Waals surface area (Å²) in [6.07, 6.45) is 2.03. The third-order valence-corrected chi connectivity index (χ3v) is 0.784. The maximum Gasteiger partial charge on any atom is 0.159 e. The highest BCUT2D eigenvalue weighted by Crippen LogP contribution is 1.81. The first-order valence-electron chi connectivity index (χ1n) is 2.93. The second kappa shape index (κ2) is 4.91. The van der Waals surface area contributed by atoms with Gasteiger partial charge >= 0.3 is 0 Å². The van der Waals surface area contributed by atoms with Crippen LogP contribution in [-0.4, -0.2) is 20.4 Å². The Bertz CT molecular complexity index is 68.9. The summed E-state index contributed by atoms with van der Waals surface area (Å²) in [6.45, 7) is 5.67. The number of hydrogen-bond acceptors (Lipinski definition) is 1. The van der Waals surface area contributed by atoms with Crippen LogP contribution in [0.4, 0.5) is 0 Å². The molecule has 0 bridgehead atoms. The predicted molar refractivity (Wildman–Crippen MR) is 38.5 cm³/mol. The third-order valence-electron chi connectivity index (χ3n) is 0.784. The summed E-state index contributed by atoms with van der Waals surface area (Å²) in [7, 11) is 1.70. The Hall–Kier alpha value is -0.235. The summed E-state index contributed by atoms with van der Waals surface area (Å²) < 4.78 is 4.81. The molecule has 0 aromatic rings. The predicted octanol–water partition coefficient (Wildman–Crippen LogP) is 1.48. The fraction of sp³-hybridized carbons (Fsp3) is 0.667. The van der Waals surface area contributed by atoms with Gasteiger partial charge in [-0.05, 0) is 0 Å². The van der Waals surface area contributed by atoms with E-state index in [1.54, 1.807) is 7.11 Å². The average molecular weight is 112 g/mol. The Labute approximate surface area is 51.8 Å². The minimum absolute atomic E-state index is 0.644. The maximum absolute atomic E-state index is 4.81. The van der Waals surface area contributed by atoms with Gasteiger partial charge in [0, 0.05) is 7.11 Å². The molecule has 8 heavy (non-hydrogen) atoms. The van der Waals surface area contributed by atoms with E-state index >= 15 is 0 Å². The lowest BCUT2D eigenvalue weighted by Gasteiger charge is -1.88. The third kappa shape index (κ3) is 5.76. The Morgan fingerprint density at radius 3 is 2.50 bits per heavy atom. The van der Waals surface area contributed by atoms with Crippen molar-refractivity contribution in [3.63, 3.8) is 0 Å². The molecule has 46 valence electrons. The molecule has 0 radical (unpaired) electrons. The molecule has 0 atom stereocenters. The van der Waals surface area contributed by atoms with Gasteiger partial charge in [-0.15, -0.1) is 5.98 Å². The van der Waals surface area contributed by atoms with Crippen molar-refractivity contribution in [3.05, 3.63) is 12.1 Å². The van der Waals surface area contributed by atoms with E-state index in [2.05, 4.69) is 19.6 Å². The fourth-order valence-corrected chi connectivity index (χ4v) is 0.424. The molecule has 0 aromatic heterocycles. The normalized spacial score (nSPS) is 10.4. The molecule has 0 N–H and O–H groups in total. The van der Waals surface area contributed by atoms with Gasteiger partial charge in [0.05, 0.1) is 6.61 Å². The first-order valence-corrected chi connectivity index (χ1v) is 2.93. The van der Waals surface area contributed by atoms with Crippen molar-refractivity contribution in [3.8, 4) is 0 Å². The van der Waals surface area contributed by atoms with Crippen LogP contribution in [0.2, 0.25) is 13.6 Å². The molecule has 0 amide bonds. The first-order chi connectivity index (χ1) is 3.77. The molecule has 0 rings (SSSR count). The highest BCUT2D eigenvalue weighted by molar-refractivity contribution is 6.61. The van der Waals surface area contributed by atoms with Gasteiger partial charge in [-0.25, -0.2) is 0 Å². The van der Waals surface area contributed by atoms with Crippen molar-refractivity contribution in [2.24, 2.45) is 0 Å². The number of ether oxygens (including phenoxy) is 1. The Morgan fingerprint density at radius 2 is 2.12 bits per heavy atom. The zero-order valence-electron chi connectivity index (χ0n) is 5.85. The standard InChI is InChI=1S/C6H13BO/c1-7(2)5-4-6-8-3/h4-5H,6H2,1-3H3/b5-4+. The second-order valence-electron chi connectivity index (χ2n) is 2.13. The molecule has 0 saturated heterocycles. The lowest BCUT2D eigenvalue weighted by molar-refractivity contribution is 0.234. The molecular formula is C6H13BO. The quantitative estimate of drug-likeness (QED) is 0.502. The van der Waals surface area contributed by atoms with Gasteiger partial charge in [-0.1, -0.05) is 19.7 Å². The fourth-order valence-electron chi connectivity index (χ4n) is 0.424. The van der Waals surface area contributed by atoms with Crippen LogP contribution in [0.3, 0.4) is 0 Å². The van der Waals surface area contributed by atoms with Gasteiger partial charge in [0.25, 0.3) is 0 Å². The molecule has 0 aliphatic heterocycles. The minimum atomic E-state index is 0.644. The Kier molecular flexibility index (Phi) is 4.77. The average Bonchev–Trinajstić information content (AvgIpc) is 1.66.